The summed E-state index contributed by atoms with van der Waals surface area (Å²) in [6.07, 6.45) is 2.62. The van der Waals surface area contributed by atoms with Crippen molar-refractivity contribution in [2.24, 2.45) is 27.6 Å². The van der Waals surface area contributed by atoms with E-state index in [1.54, 1.807) is 0 Å². The zero-order valence-corrected chi connectivity index (χ0v) is 37.2. The second-order valence-electron chi connectivity index (χ2n) is 17.3. The summed E-state index contributed by atoms with van der Waals surface area (Å²) in [4.78, 5) is 100. The summed E-state index contributed by atoms with van der Waals surface area (Å²) in [5.41, 5.74) is -3.64. The molecule has 0 saturated heterocycles. The lowest BCUT2D eigenvalue weighted by Crippen LogP contribution is -2.47. The molecule has 1 amide bonds. The van der Waals surface area contributed by atoms with E-state index in [9.17, 15) is 38.4 Å². The number of hydrogen-bond acceptors (Lipinski definition) is 16. The fraction of sp³-hybridized carbons (Fsp3) is 0.556. The minimum absolute atomic E-state index is 0.0547. The molecule has 0 aromatic heterocycles. The summed E-state index contributed by atoms with van der Waals surface area (Å²) in [6.45, 7) is 28.8. The maximum absolute atomic E-state index is 13.5. The molecule has 17 heteroatoms. The van der Waals surface area contributed by atoms with Gasteiger partial charge in [-0.2, -0.15) is 0 Å². The second kappa shape index (κ2) is 24.4. The lowest BCUT2D eigenvalue weighted by atomic mass is 9.60. The Balaban J connectivity index is 3.22. The van der Waals surface area contributed by atoms with E-state index in [2.05, 4.69) is 44.8 Å². The van der Waals surface area contributed by atoms with Crippen molar-refractivity contribution in [1.82, 2.24) is 5.32 Å². The van der Waals surface area contributed by atoms with Gasteiger partial charge in [0.2, 0.25) is 0 Å². The van der Waals surface area contributed by atoms with Crippen molar-refractivity contribution in [3.63, 3.8) is 0 Å². The van der Waals surface area contributed by atoms with E-state index in [1.165, 1.54) is 27.7 Å². The van der Waals surface area contributed by atoms with Crippen LogP contribution in [0.15, 0.2) is 73.9 Å². The zero-order valence-electron chi connectivity index (χ0n) is 37.2. The van der Waals surface area contributed by atoms with Crippen LogP contribution in [0.5, 0.6) is 0 Å². The number of esters is 7. The van der Waals surface area contributed by atoms with Crippen molar-refractivity contribution >= 4 is 47.9 Å². The van der Waals surface area contributed by atoms with Gasteiger partial charge in [0.1, 0.15) is 63.7 Å². The van der Waals surface area contributed by atoms with Gasteiger partial charge in [0, 0.05) is 47.4 Å². The molecule has 62 heavy (non-hydrogen) atoms. The number of rotatable bonds is 26. The maximum Gasteiger partial charge on any atom is 0.407 e. The molecule has 344 valence electrons. The molecule has 0 aromatic carbocycles. The normalized spacial score (nSPS) is 16.7. The third-order valence-electron chi connectivity index (χ3n) is 9.50. The Bertz CT molecular complexity index is 1710. The van der Waals surface area contributed by atoms with Crippen molar-refractivity contribution < 1.29 is 76.3 Å². The van der Waals surface area contributed by atoms with Crippen LogP contribution in [0.2, 0.25) is 0 Å². The van der Waals surface area contributed by atoms with Crippen LogP contribution in [0.3, 0.4) is 0 Å². The van der Waals surface area contributed by atoms with E-state index in [-0.39, 0.29) is 46.6 Å². The lowest BCUT2D eigenvalue weighted by molar-refractivity contribution is -0.168. The summed E-state index contributed by atoms with van der Waals surface area (Å²) < 4.78 is 43.1. The molecule has 1 N–H and O–H groups in total. The Hall–Kier alpha value is -6.00. The van der Waals surface area contributed by atoms with Crippen LogP contribution in [0.25, 0.3) is 0 Å². The number of amides is 1. The van der Waals surface area contributed by atoms with E-state index < -0.39 is 117 Å². The van der Waals surface area contributed by atoms with Crippen LogP contribution < -0.4 is 5.32 Å². The monoisotopic (exact) mass is 873 g/mol. The summed E-state index contributed by atoms with van der Waals surface area (Å²) >= 11 is 0. The Morgan fingerprint density at radius 2 is 0.887 bits per heavy atom. The van der Waals surface area contributed by atoms with Crippen LogP contribution in [-0.2, 0) is 71.5 Å². The number of alkyl carbamates (subject to hydrolysis) is 1. The van der Waals surface area contributed by atoms with Crippen LogP contribution in [-0.4, -0.2) is 107 Å². The van der Waals surface area contributed by atoms with Crippen LogP contribution in [0, 0.1) is 27.6 Å². The smallest absolute Gasteiger partial charge is 0.407 e. The first-order valence-electron chi connectivity index (χ1n) is 19.7. The maximum atomic E-state index is 13.5. The molecule has 1 rings (SSSR count). The highest BCUT2D eigenvalue weighted by Crippen LogP contribution is 2.49. The van der Waals surface area contributed by atoms with E-state index in [0.717, 1.165) is 12.2 Å². The third-order valence-corrected chi connectivity index (χ3v) is 9.50. The number of ether oxygens (including phenoxy) is 8. The van der Waals surface area contributed by atoms with Crippen molar-refractivity contribution in [1.29, 1.82) is 0 Å². The van der Waals surface area contributed by atoms with Crippen LogP contribution in [0.1, 0.15) is 74.1 Å². The molecule has 0 aromatic rings. The van der Waals surface area contributed by atoms with Gasteiger partial charge in [-0.25, -0.2) is 33.6 Å². The average molecular weight is 874 g/mol. The topological polar surface area (TPSA) is 222 Å². The highest BCUT2D eigenvalue weighted by Gasteiger charge is 2.44. The summed E-state index contributed by atoms with van der Waals surface area (Å²) in [5, 5.41) is 2.77. The molecule has 0 bridgehead atoms. The first kappa shape index (κ1) is 54.0. The van der Waals surface area contributed by atoms with E-state index in [4.69, 9.17) is 37.9 Å². The molecule has 0 aliphatic heterocycles. The molecule has 1 fully saturated rings. The molecule has 17 nitrogen and oxygen atoms in total. The van der Waals surface area contributed by atoms with E-state index in [0.29, 0.717) is 19.3 Å². The second-order valence-corrected chi connectivity index (χ2v) is 17.3. The van der Waals surface area contributed by atoms with Crippen LogP contribution >= 0.6 is 0 Å². The zero-order chi connectivity index (χ0) is 47.5. The van der Waals surface area contributed by atoms with Gasteiger partial charge < -0.3 is 43.2 Å². The summed E-state index contributed by atoms with van der Waals surface area (Å²) in [5.74, 6) is -5.63. The van der Waals surface area contributed by atoms with Gasteiger partial charge in [-0.1, -0.05) is 60.2 Å². The van der Waals surface area contributed by atoms with Crippen molar-refractivity contribution in [3.05, 3.63) is 73.9 Å². The van der Waals surface area contributed by atoms with Crippen LogP contribution in [0.4, 0.5) is 4.79 Å². The summed E-state index contributed by atoms with van der Waals surface area (Å²) in [7, 11) is 0. The molecular formula is C45H63NO16. The van der Waals surface area contributed by atoms with Crippen molar-refractivity contribution in [2.75, 3.05) is 59.4 Å². The molecule has 2 unspecified atom stereocenters. The van der Waals surface area contributed by atoms with Gasteiger partial charge in [-0.3, -0.25) is 4.79 Å². The molecule has 1 saturated carbocycles. The standard InChI is InChI=1S/C45H63NO16/c1-14-34(47)55-21-44(24-58-37(50)29(3)4,25-59-38(51)30(5)6)23-57-36(49)16-33-17-42(11,12)19-43(13,18-33)20-46-41(54)62-28-45(22-56-35(48)15-2,26-60-39(52)31(7)8)27-61-40(53)32(9)10/h14-15,33H,1-3,5,7,9,16-28H2,4,6,8,10-13H3,(H,46,54). The van der Waals surface area contributed by atoms with Gasteiger partial charge in [-0.05, 0) is 63.7 Å². The fourth-order valence-electron chi connectivity index (χ4n) is 6.65. The quantitative estimate of drug-likeness (QED) is 0.0654. The van der Waals surface area contributed by atoms with Gasteiger partial charge in [0.15, 0.2) is 0 Å². The molecule has 0 spiro atoms. The van der Waals surface area contributed by atoms with Crippen molar-refractivity contribution in [2.45, 2.75) is 74.1 Å². The Morgan fingerprint density at radius 1 is 0.548 bits per heavy atom. The predicted molar refractivity (Wildman–Crippen MR) is 224 cm³/mol. The molecule has 1 aliphatic rings. The SMILES string of the molecule is C=CC(=O)OCC(COC(=O)CC1CC(C)(C)CC(C)(CNC(=O)OCC(COC(=O)C=C)(COC(=O)C(=C)C)COC(=O)C(=C)C)C1)(COC(=O)C(=C)C)COC(=O)C(=C)C. The number of nitrogens with one attached hydrogen (secondary N) is 1. The van der Waals surface area contributed by atoms with Gasteiger partial charge in [-0.15, -0.1) is 0 Å². The van der Waals surface area contributed by atoms with Crippen molar-refractivity contribution in [3.8, 4) is 0 Å². The average Bonchev–Trinajstić information content (AvgIpc) is 3.19. The number of carbonyl (C=O) groups excluding carboxylic acids is 8. The Labute approximate surface area is 363 Å². The number of carbonyl (C=O) groups is 8. The minimum atomic E-state index is -1.54. The van der Waals surface area contributed by atoms with Gasteiger partial charge >= 0.3 is 47.9 Å². The first-order valence-corrected chi connectivity index (χ1v) is 19.7. The largest absolute Gasteiger partial charge is 0.465 e. The van der Waals surface area contributed by atoms with Gasteiger partial charge in [0.05, 0.1) is 0 Å². The molecular weight excluding hydrogens is 810 g/mol. The molecule has 1 aliphatic carbocycles. The molecule has 0 radical (unpaired) electrons. The van der Waals surface area contributed by atoms with E-state index >= 15 is 0 Å². The first-order chi connectivity index (χ1) is 28.7. The Morgan fingerprint density at radius 3 is 1.24 bits per heavy atom. The fourth-order valence-corrected chi connectivity index (χ4v) is 6.65. The molecule has 2 atom stereocenters. The number of hydrogen-bond donors (Lipinski definition) is 1. The highest BCUT2D eigenvalue weighted by atomic mass is 16.6. The van der Waals surface area contributed by atoms with E-state index in [1.807, 2.05) is 20.8 Å². The van der Waals surface area contributed by atoms with Gasteiger partial charge in [0.25, 0.3) is 0 Å². The summed E-state index contributed by atoms with van der Waals surface area (Å²) in [6, 6.07) is 0. The lowest BCUT2D eigenvalue weighted by Gasteiger charge is -2.46. The molecule has 0 heterocycles. The minimum Gasteiger partial charge on any atom is -0.465 e. The predicted octanol–water partition coefficient (Wildman–Crippen LogP) is 5.39. The highest BCUT2D eigenvalue weighted by molar-refractivity contribution is 5.88. The third kappa shape index (κ3) is 19.6. The Kier molecular flexibility index (Phi) is 21.3.